The molecule has 0 atom stereocenters. The number of ether oxygens (including phenoxy) is 13. The lowest BCUT2D eigenvalue weighted by molar-refractivity contribution is -0.123. The number of carbonyl (C=O) groups excluding carboxylic acids is 2. The highest BCUT2D eigenvalue weighted by Gasteiger charge is 2.07. The fourth-order valence-electron chi connectivity index (χ4n) is 3.66. The van der Waals surface area contributed by atoms with Crippen molar-refractivity contribution in [2.45, 2.75) is 40.5 Å². The maximum Gasteiger partial charge on any atom is 0.137 e. The first-order chi connectivity index (χ1) is 24.9. The summed E-state index contributed by atoms with van der Waals surface area (Å²) in [6, 6.07) is 0. The fraction of sp³-hybridized carbons (Fsp3) is 0.944. The highest BCUT2D eigenvalue weighted by molar-refractivity contribution is 5.80. The summed E-state index contributed by atoms with van der Waals surface area (Å²) in [5, 5.41) is 0. The molecule has 0 spiro atoms. The molecule has 0 bridgehead atoms. The van der Waals surface area contributed by atoms with Gasteiger partial charge in [-0.25, -0.2) is 0 Å². The maximum absolute atomic E-state index is 11.5. The van der Waals surface area contributed by atoms with Crippen molar-refractivity contribution in [2.75, 3.05) is 172 Å². The average Bonchev–Trinajstić information content (AvgIpc) is 3.11. The molecule has 51 heavy (non-hydrogen) atoms. The van der Waals surface area contributed by atoms with Crippen LogP contribution in [0.3, 0.4) is 0 Å². The Bertz CT molecular complexity index is 669. The first-order valence-electron chi connectivity index (χ1n) is 18.5. The van der Waals surface area contributed by atoms with Crippen LogP contribution in [-0.4, -0.2) is 183 Å². The van der Waals surface area contributed by atoms with E-state index < -0.39 is 0 Å². The Morgan fingerprint density at radius 2 is 0.373 bits per heavy atom. The molecule has 304 valence electrons. The van der Waals surface area contributed by atoms with Crippen molar-refractivity contribution in [1.29, 1.82) is 0 Å². The average molecular weight is 743 g/mol. The van der Waals surface area contributed by atoms with Gasteiger partial charge in [0.1, 0.15) is 11.6 Å². The number of Topliss-reactive ketones (excluding diaryl/α,β-unsaturated/α-hetero) is 2. The second-order valence-electron chi connectivity index (χ2n) is 11.7. The minimum atomic E-state index is 0.0563. The van der Waals surface area contributed by atoms with E-state index in [1.54, 1.807) is 0 Å². The van der Waals surface area contributed by atoms with E-state index in [1.165, 1.54) is 0 Å². The number of ketones is 2. The van der Waals surface area contributed by atoms with E-state index in [9.17, 15) is 9.59 Å². The van der Waals surface area contributed by atoms with Gasteiger partial charge in [-0.1, -0.05) is 27.7 Å². The van der Waals surface area contributed by atoms with Crippen LogP contribution in [0.25, 0.3) is 0 Å². The summed E-state index contributed by atoms with van der Waals surface area (Å²) < 4.78 is 70.9. The molecule has 15 nitrogen and oxygen atoms in total. The zero-order chi connectivity index (χ0) is 37.3. The Balaban J connectivity index is 3.09. The summed E-state index contributed by atoms with van der Waals surface area (Å²) in [4.78, 5) is 23.0. The molecule has 0 aromatic rings. The summed E-state index contributed by atoms with van der Waals surface area (Å²) >= 11 is 0. The molecule has 0 amide bonds. The first-order valence-corrected chi connectivity index (χ1v) is 18.5. The lowest BCUT2D eigenvalue weighted by Gasteiger charge is -2.09. The molecule has 0 aliphatic carbocycles. The second kappa shape index (κ2) is 41.6. The minimum absolute atomic E-state index is 0.0563. The molecule has 0 saturated heterocycles. The number of hydrogen-bond donors (Lipinski definition) is 0. The van der Waals surface area contributed by atoms with Crippen molar-refractivity contribution in [2.24, 2.45) is 11.8 Å². The summed E-state index contributed by atoms with van der Waals surface area (Å²) in [6.07, 6.45) is 0.901. The van der Waals surface area contributed by atoms with Gasteiger partial charge in [0, 0.05) is 24.7 Å². The molecule has 15 heteroatoms. The highest BCUT2D eigenvalue weighted by atomic mass is 16.6. The van der Waals surface area contributed by atoms with E-state index in [1.807, 2.05) is 27.7 Å². The first kappa shape index (κ1) is 49.8. The van der Waals surface area contributed by atoms with Gasteiger partial charge in [0.2, 0.25) is 0 Å². The third kappa shape index (κ3) is 41.4. The third-order valence-corrected chi connectivity index (χ3v) is 6.74. The van der Waals surface area contributed by atoms with Gasteiger partial charge in [0.25, 0.3) is 0 Å². The van der Waals surface area contributed by atoms with Gasteiger partial charge in [0.15, 0.2) is 0 Å². The van der Waals surface area contributed by atoms with Crippen molar-refractivity contribution in [3.8, 4) is 0 Å². The van der Waals surface area contributed by atoms with Crippen LogP contribution in [0.1, 0.15) is 40.5 Å². The van der Waals surface area contributed by atoms with Crippen LogP contribution >= 0.6 is 0 Å². The van der Waals surface area contributed by atoms with E-state index in [2.05, 4.69) is 0 Å². The SMILES string of the molecule is CC(C)C(=O)CCOCCOCCOCCOCCOCCOCCOCCOCCOCCOCCOCCOCCOCCC(=O)C(C)C. The lowest BCUT2D eigenvalue weighted by atomic mass is 10.1. The molecule has 0 N–H and O–H groups in total. The molecular formula is C36H70O15. The van der Waals surface area contributed by atoms with Crippen LogP contribution in [0.2, 0.25) is 0 Å². The molecule has 0 saturated carbocycles. The van der Waals surface area contributed by atoms with Gasteiger partial charge < -0.3 is 61.6 Å². The quantitative estimate of drug-likeness (QED) is 0.0840. The van der Waals surface area contributed by atoms with E-state index in [-0.39, 0.29) is 23.4 Å². The van der Waals surface area contributed by atoms with Crippen molar-refractivity contribution in [1.82, 2.24) is 0 Å². The summed E-state index contributed by atoms with van der Waals surface area (Å²) in [5.41, 5.74) is 0. The Morgan fingerprint density at radius 3 is 0.490 bits per heavy atom. The lowest BCUT2D eigenvalue weighted by Crippen LogP contribution is -2.16. The number of rotatable bonds is 44. The molecule has 0 aliphatic heterocycles. The minimum Gasteiger partial charge on any atom is -0.379 e. The third-order valence-electron chi connectivity index (χ3n) is 6.74. The van der Waals surface area contributed by atoms with Crippen molar-refractivity contribution < 1.29 is 71.2 Å². The smallest absolute Gasteiger partial charge is 0.137 e. The van der Waals surface area contributed by atoms with Gasteiger partial charge in [-0.05, 0) is 0 Å². The van der Waals surface area contributed by atoms with Gasteiger partial charge in [-0.15, -0.1) is 0 Å². The zero-order valence-corrected chi connectivity index (χ0v) is 32.1. The fourth-order valence-corrected chi connectivity index (χ4v) is 3.66. The van der Waals surface area contributed by atoms with Crippen molar-refractivity contribution >= 4 is 11.6 Å². The number of carbonyl (C=O) groups is 2. The zero-order valence-electron chi connectivity index (χ0n) is 32.1. The van der Waals surface area contributed by atoms with Crippen LogP contribution in [0, 0.1) is 11.8 Å². The van der Waals surface area contributed by atoms with Crippen LogP contribution in [0.5, 0.6) is 0 Å². The Labute approximate surface area is 306 Å². The molecule has 0 aromatic carbocycles. The summed E-state index contributed by atoms with van der Waals surface area (Å²) in [6.45, 7) is 20.2. The second-order valence-corrected chi connectivity index (χ2v) is 11.7. The maximum atomic E-state index is 11.5. The topological polar surface area (TPSA) is 154 Å². The number of hydrogen-bond acceptors (Lipinski definition) is 15. The Kier molecular flexibility index (Phi) is 40.6. The monoisotopic (exact) mass is 742 g/mol. The summed E-state index contributed by atoms with van der Waals surface area (Å²) in [7, 11) is 0. The normalized spacial score (nSPS) is 11.7. The molecular weight excluding hydrogens is 672 g/mol. The van der Waals surface area contributed by atoms with Crippen molar-refractivity contribution in [3.05, 3.63) is 0 Å². The van der Waals surface area contributed by atoms with Crippen molar-refractivity contribution in [3.63, 3.8) is 0 Å². The molecule has 0 aliphatic rings. The molecule has 0 rings (SSSR count). The largest absolute Gasteiger partial charge is 0.379 e. The predicted molar refractivity (Wildman–Crippen MR) is 190 cm³/mol. The molecule has 0 heterocycles. The van der Waals surface area contributed by atoms with Gasteiger partial charge in [-0.3, -0.25) is 9.59 Å². The predicted octanol–water partition coefficient (Wildman–Crippen LogP) is 2.43. The van der Waals surface area contributed by atoms with Crippen LogP contribution in [0.15, 0.2) is 0 Å². The standard InChI is InChI=1S/C36H70O15/c1-33(2)35(37)5-7-39-9-11-41-13-15-43-17-19-45-21-23-47-25-27-49-29-31-51-32-30-50-28-26-48-24-22-46-20-18-44-16-14-42-12-10-40-8-6-36(38)34(3)4/h33-34H,5-32H2,1-4H3. The van der Waals surface area contributed by atoms with E-state index >= 15 is 0 Å². The van der Waals surface area contributed by atoms with E-state index in [0.717, 1.165) is 0 Å². The molecule has 0 radical (unpaired) electrons. The van der Waals surface area contributed by atoms with Crippen LogP contribution in [-0.2, 0) is 71.2 Å². The van der Waals surface area contributed by atoms with Crippen LogP contribution in [0.4, 0.5) is 0 Å². The molecule has 0 aromatic heterocycles. The molecule has 0 unspecified atom stereocenters. The van der Waals surface area contributed by atoms with E-state index in [4.69, 9.17) is 61.6 Å². The van der Waals surface area contributed by atoms with Gasteiger partial charge in [-0.2, -0.15) is 0 Å². The Hall–Kier alpha value is -1.18. The summed E-state index contributed by atoms with van der Waals surface area (Å²) in [5.74, 6) is 0.544. The molecule has 0 fully saturated rings. The van der Waals surface area contributed by atoms with E-state index in [0.29, 0.717) is 185 Å². The van der Waals surface area contributed by atoms with Gasteiger partial charge in [0.05, 0.1) is 172 Å². The van der Waals surface area contributed by atoms with Gasteiger partial charge >= 0.3 is 0 Å². The van der Waals surface area contributed by atoms with Crippen LogP contribution < -0.4 is 0 Å². The Morgan fingerprint density at radius 1 is 0.255 bits per heavy atom. The highest BCUT2D eigenvalue weighted by Crippen LogP contribution is 1.99.